The topological polar surface area (TPSA) is 35.0 Å². The van der Waals surface area contributed by atoms with Crippen LogP contribution < -0.4 is 4.74 Å². The molecule has 0 radical (unpaired) electrons. The summed E-state index contributed by atoms with van der Waals surface area (Å²) < 4.78 is 19.0. The van der Waals surface area contributed by atoms with Crippen LogP contribution in [0.4, 0.5) is 4.39 Å². The van der Waals surface area contributed by atoms with Crippen LogP contribution in [-0.4, -0.2) is 17.1 Å². The normalized spacial score (nSPS) is 12.2. The highest BCUT2D eigenvalue weighted by molar-refractivity contribution is 9.10. The fourth-order valence-electron chi connectivity index (χ4n) is 1.66. The van der Waals surface area contributed by atoms with Crippen molar-refractivity contribution in [2.24, 2.45) is 0 Å². The van der Waals surface area contributed by atoms with Gasteiger partial charge in [-0.2, -0.15) is 0 Å². The van der Waals surface area contributed by atoms with Crippen molar-refractivity contribution < 1.29 is 9.13 Å². The Balaban J connectivity index is 2.17. The molecule has 3 nitrogen and oxygen atoms in total. The first-order chi connectivity index (χ1) is 9.08. The van der Waals surface area contributed by atoms with Gasteiger partial charge in [-0.15, -0.1) is 11.6 Å². The zero-order valence-electron chi connectivity index (χ0n) is 10.1. The molecule has 19 heavy (non-hydrogen) atoms. The van der Waals surface area contributed by atoms with Crippen molar-refractivity contribution in [3.8, 4) is 5.88 Å². The molecular weight excluding hydrogens is 335 g/mol. The van der Waals surface area contributed by atoms with Gasteiger partial charge in [0.25, 0.3) is 0 Å². The Morgan fingerprint density at radius 2 is 2.11 bits per heavy atom. The summed E-state index contributed by atoms with van der Waals surface area (Å²) >= 11 is 9.54. The van der Waals surface area contributed by atoms with Crippen molar-refractivity contribution in [3.63, 3.8) is 0 Å². The molecule has 1 atom stereocenters. The van der Waals surface area contributed by atoms with E-state index in [4.69, 9.17) is 16.3 Å². The van der Waals surface area contributed by atoms with E-state index in [9.17, 15) is 4.39 Å². The number of hydrogen-bond donors (Lipinski definition) is 0. The molecule has 1 heterocycles. The Morgan fingerprint density at radius 3 is 2.79 bits per heavy atom. The lowest BCUT2D eigenvalue weighted by Crippen LogP contribution is -2.00. The monoisotopic (exact) mass is 344 g/mol. The molecule has 0 amide bonds. The second kappa shape index (κ2) is 6.30. The molecule has 0 saturated heterocycles. The average Bonchev–Trinajstić information content (AvgIpc) is 2.37. The van der Waals surface area contributed by atoms with E-state index in [2.05, 4.69) is 25.9 Å². The predicted octanol–water partition coefficient (Wildman–Crippen LogP) is 3.91. The Bertz CT molecular complexity index is 562. The minimum Gasteiger partial charge on any atom is -0.481 e. The third-order valence-electron chi connectivity index (χ3n) is 2.54. The van der Waals surface area contributed by atoms with Gasteiger partial charge in [0, 0.05) is 22.7 Å². The van der Waals surface area contributed by atoms with Crippen LogP contribution in [0.2, 0.25) is 0 Å². The van der Waals surface area contributed by atoms with Gasteiger partial charge in [0.05, 0.1) is 12.5 Å². The van der Waals surface area contributed by atoms with Gasteiger partial charge in [0.1, 0.15) is 12.1 Å². The maximum atomic E-state index is 13.3. The third kappa shape index (κ3) is 3.88. The molecule has 2 aromatic rings. The number of nitrogens with zero attached hydrogens (tertiary/aromatic N) is 2. The summed E-state index contributed by atoms with van der Waals surface area (Å²) in [6, 6.07) is 6.31. The molecule has 0 aliphatic heterocycles. The molecule has 1 aromatic heterocycles. The number of halogens is 3. The highest BCUT2D eigenvalue weighted by Gasteiger charge is 2.12. The molecule has 6 heteroatoms. The predicted molar refractivity (Wildman–Crippen MR) is 75.0 cm³/mol. The Hall–Kier alpha value is -1.20. The van der Waals surface area contributed by atoms with Gasteiger partial charge in [-0.05, 0) is 23.8 Å². The van der Waals surface area contributed by atoms with Gasteiger partial charge in [0.15, 0.2) is 0 Å². The van der Waals surface area contributed by atoms with Crippen molar-refractivity contribution in [3.05, 3.63) is 52.1 Å². The zero-order valence-corrected chi connectivity index (χ0v) is 12.4. The van der Waals surface area contributed by atoms with Crippen LogP contribution in [0.5, 0.6) is 5.88 Å². The minimum absolute atomic E-state index is 0.324. The molecule has 0 saturated carbocycles. The first-order valence-corrected chi connectivity index (χ1v) is 6.76. The highest BCUT2D eigenvalue weighted by atomic mass is 79.9. The molecule has 0 aliphatic carbocycles. The highest BCUT2D eigenvalue weighted by Crippen LogP contribution is 2.28. The van der Waals surface area contributed by atoms with E-state index in [1.807, 2.05) is 0 Å². The minimum atomic E-state index is -0.369. The molecule has 0 N–H and O–H groups in total. The van der Waals surface area contributed by atoms with Crippen molar-refractivity contribution in [2.45, 2.75) is 11.8 Å². The fraction of sp³-hybridized carbons (Fsp3) is 0.231. The van der Waals surface area contributed by atoms with Gasteiger partial charge in [-0.3, -0.25) is 0 Å². The maximum Gasteiger partial charge on any atom is 0.216 e. The zero-order chi connectivity index (χ0) is 13.8. The first kappa shape index (κ1) is 14.2. The van der Waals surface area contributed by atoms with Crippen LogP contribution in [0.3, 0.4) is 0 Å². The standard InChI is InChI=1S/C13H11BrClFN2O/c1-19-13-6-11(17-7-18-13)5-12(15)8-2-9(14)4-10(16)3-8/h2-4,6-7,12H,5H2,1H3. The van der Waals surface area contributed by atoms with Crippen molar-refractivity contribution >= 4 is 27.5 Å². The van der Waals surface area contributed by atoms with Crippen LogP contribution in [0.15, 0.2) is 35.1 Å². The van der Waals surface area contributed by atoms with Crippen molar-refractivity contribution in [2.75, 3.05) is 7.11 Å². The van der Waals surface area contributed by atoms with E-state index >= 15 is 0 Å². The Morgan fingerprint density at radius 1 is 1.32 bits per heavy atom. The Kier molecular flexibility index (Phi) is 4.71. The molecule has 1 unspecified atom stereocenters. The number of ether oxygens (including phenoxy) is 1. The van der Waals surface area contributed by atoms with E-state index in [1.165, 1.54) is 25.6 Å². The van der Waals surface area contributed by atoms with Crippen LogP contribution in [0.1, 0.15) is 16.6 Å². The fourth-order valence-corrected chi connectivity index (χ4v) is 2.42. The summed E-state index contributed by atoms with van der Waals surface area (Å²) in [6.07, 6.45) is 1.88. The molecule has 0 aliphatic rings. The van der Waals surface area contributed by atoms with Gasteiger partial charge >= 0.3 is 0 Å². The number of hydrogen-bond acceptors (Lipinski definition) is 3. The van der Waals surface area contributed by atoms with Gasteiger partial charge in [0.2, 0.25) is 5.88 Å². The Labute approximate surface area is 123 Å². The number of aromatic nitrogens is 2. The van der Waals surface area contributed by atoms with E-state index in [-0.39, 0.29) is 11.2 Å². The lowest BCUT2D eigenvalue weighted by molar-refractivity contribution is 0.396. The molecule has 0 fully saturated rings. The van der Waals surface area contributed by atoms with Crippen LogP contribution in [0, 0.1) is 5.82 Å². The lowest BCUT2D eigenvalue weighted by atomic mass is 10.1. The number of rotatable bonds is 4. The van der Waals surface area contributed by atoms with Crippen LogP contribution in [-0.2, 0) is 6.42 Å². The molecule has 2 rings (SSSR count). The molecule has 0 spiro atoms. The summed E-state index contributed by atoms with van der Waals surface area (Å²) in [7, 11) is 1.54. The second-order valence-electron chi connectivity index (χ2n) is 3.93. The SMILES string of the molecule is COc1cc(CC(Cl)c2cc(F)cc(Br)c2)ncn1. The summed E-state index contributed by atoms with van der Waals surface area (Å²) in [5.74, 6) is 0.157. The van der Waals surface area contributed by atoms with E-state index in [1.54, 1.807) is 12.1 Å². The summed E-state index contributed by atoms with van der Waals surface area (Å²) in [5, 5.41) is -0.369. The maximum absolute atomic E-state index is 13.3. The molecule has 0 bridgehead atoms. The number of methoxy groups -OCH3 is 1. The van der Waals surface area contributed by atoms with Crippen molar-refractivity contribution in [1.29, 1.82) is 0 Å². The van der Waals surface area contributed by atoms with Crippen LogP contribution >= 0.6 is 27.5 Å². The molecule has 1 aromatic carbocycles. The van der Waals surface area contributed by atoms with Gasteiger partial charge in [-0.1, -0.05) is 15.9 Å². The first-order valence-electron chi connectivity index (χ1n) is 5.53. The van der Waals surface area contributed by atoms with Gasteiger partial charge < -0.3 is 4.74 Å². The summed E-state index contributed by atoms with van der Waals surface area (Å²) in [6.45, 7) is 0. The largest absolute Gasteiger partial charge is 0.481 e. The van der Waals surface area contributed by atoms with Crippen LogP contribution in [0.25, 0.3) is 0 Å². The smallest absolute Gasteiger partial charge is 0.216 e. The quantitative estimate of drug-likeness (QED) is 0.788. The molecular formula is C13H11BrClFN2O. The number of benzene rings is 1. The van der Waals surface area contributed by atoms with Crippen molar-refractivity contribution in [1.82, 2.24) is 9.97 Å². The third-order valence-corrected chi connectivity index (χ3v) is 3.41. The van der Waals surface area contributed by atoms with E-state index in [0.29, 0.717) is 22.3 Å². The second-order valence-corrected chi connectivity index (χ2v) is 5.37. The summed E-state index contributed by atoms with van der Waals surface area (Å²) in [4.78, 5) is 8.04. The molecule has 100 valence electrons. The van der Waals surface area contributed by atoms with E-state index < -0.39 is 0 Å². The van der Waals surface area contributed by atoms with Gasteiger partial charge in [-0.25, -0.2) is 14.4 Å². The van der Waals surface area contributed by atoms with E-state index in [0.717, 1.165) is 5.69 Å². The number of alkyl halides is 1. The average molecular weight is 346 g/mol. The lowest BCUT2D eigenvalue weighted by Gasteiger charge is -2.10. The summed E-state index contributed by atoms with van der Waals surface area (Å²) in [5.41, 5.74) is 1.44.